The number of rotatable bonds is 10. The molecule has 0 fully saturated rings. The third-order valence-electron chi connectivity index (χ3n) is 12.5. The van der Waals surface area contributed by atoms with Crippen molar-refractivity contribution in [2.24, 2.45) is 0 Å². The first-order chi connectivity index (χ1) is 30.0. The first kappa shape index (κ1) is 40.0. The second-order valence-corrected chi connectivity index (χ2v) is 40.0. The summed E-state index contributed by atoms with van der Waals surface area (Å²) >= 11 is -3.89. The van der Waals surface area contributed by atoms with E-state index in [0.717, 1.165) is 22.7 Å². The molecule has 0 radical (unpaired) electrons. The van der Waals surface area contributed by atoms with Crippen LogP contribution in [-0.2, 0) is 0 Å². The van der Waals surface area contributed by atoms with Crippen LogP contribution in [0.3, 0.4) is 0 Å². The van der Waals surface area contributed by atoms with Crippen molar-refractivity contribution in [1.29, 1.82) is 0 Å². The number of anilines is 6. The number of nitrogens with zero attached hydrogens (tertiary/aromatic N) is 2. The monoisotopic (exact) mass is 924 g/mol. The van der Waals surface area contributed by atoms with Gasteiger partial charge in [-0.3, -0.25) is 0 Å². The first-order valence-electron chi connectivity index (χ1n) is 21.8. The average Bonchev–Trinajstić information content (AvgIpc) is 3.29. The zero-order chi connectivity index (χ0) is 42.6. The van der Waals surface area contributed by atoms with E-state index in [2.05, 4.69) is 251 Å². The molecule has 0 amide bonds. The van der Waals surface area contributed by atoms with Crippen LogP contribution in [0.2, 0.25) is 34.5 Å². The van der Waals surface area contributed by atoms with E-state index in [1.54, 1.807) is 0 Å². The second kappa shape index (κ2) is 16.0. The van der Waals surface area contributed by atoms with Crippen molar-refractivity contribution in [3.8, 4) is 22.3 Å². The fourth-order valence-corrected chi connectivity index (χ4v) is 14.0. The molecule has 10 rings (SSSR count). The molecule has 0 saturated heterocycles. The van der Waals surface area contributed by atoms with Gasteiger partial charge >= 0.3 is 352 Å². The van der Waals surface area contributed by atoms with Gasteiger partial charge in [-0.2, -0.15) is 0 Å². The van der Waals surface area contributed by atoms with Gasteiger partial charge in [0.05, 0.1) is 0 Å². The molecular weight excluding hydrogens is 870 g/mol. The minimum absolute atomic E-state index is 1.14. The molecule has 0 saturated carbocycles. The summed E-state index contributed by atoms with van der Waals surface area (Å²) < 4.78 is 3.03. The fraction of sp³-hybridized carbons (Fsp3) is 0.103. The van der Waals surface area contributed by atoms with Gasteiger partial charge in [0.1, 0.15) is 0 Å². The van der Waals surface area contributed by atoms with Crippen LogP contribution in [-0.4, -0.2) is 26.5 Å². The van der Waals surface area contributed by atoms with Gasteiger partial charge in [0.2, 0.25) is 0 Å². The Kier molecular flexibility index (Phi) is 10.3. The summed E-state index contributed by atoms with van der Waals surface area (Å²) in [6.45, 7) is 0. The van der Waals surface area contributed by atoms with E-state index in [1.165, 1.54) is 74.7 Å². The maximum absolute atomic E-state index is 2.45. The standard InChI is InChI=1S/C58H52Ge2N2/c1-59(2,3)45-25-33-51(34-26-45)61(47-13-9-7-10-14-47)49-29-17-41(18-30-49)53-37-21-43-24-40-56-54(38-22-44-23-39-55(53)57(43)58(44)56)42-19-31-50(32-20-42)62(48-15-11-8-12-16-48)52-35-27-46(28-36-52)60(4,5)6/h7-40H,1-6H3. The molecule has 302 valence electrons. The van der Waals surface area contributed by atoms with E-state index in [1.807, 2.05) is 0 Å². The Hall–Kier alpha value is -6.07. The van der Waals surface area contributed by atoms with E-state index in [-0.39, 0.29) is 0 Å². The molecule has 0 heterocycles. The Balaban J connectivity index is 1.02. The van der Waals surface area contributed by atoms with Gasteiger partial charge < -0.3 is 0 Å². The average molecular weight is 922 g/mol. The van der Waals surface area contributed by atoms with E-state index < -0.39 is 26.5 Å². The quantitative estimate of drug-likeness (QED) is 0.0996. The van der Waals surface area contributed by atoms with Crippen LogP contribution < -0.4 is 18.6 Å². The molecule has 2 nitrogen and oxygen atoms in total. The van der Waals surface area contributed by atoms with Gasteiger partial charge in [-0.25, -0.2) is 0 Å². The molecule has 62 heavy (non-hydrogen) atoms. The topological polar surface area (TPSA) is 6.48 Å². The summed E-state index contributed by atoms with van der Waals surface area (Å²) in [6, 6.07) is 76.8. The molecule has 0 aliphatic rings. The molecule has 0 atom stereocenters. The van der Waals surface area contributed by atoms with Crippen molar-refractivity contribution in [2.45, 2.75) is 34.5 Å². The second-order valence-electron chi connectivity index (χ2n) is 18.7. The molecule has 0 unspecified atom stereocenters. The predicted octanol–water partition coefficient (Wildman–Crippen LogP) is 15.9. The zero-order valence-corrected chi connectivity index (χ0v) is 40.7. The number of hydrogen-bond donors (Lipinski definition) is 0. The van der Waals surface area contributed by atoms with Crippen LogP contribution in [0.15, 0.2) is 206 Å². The van der Waals surface area contributed by atoms with E-state index in [4.69, 9.17) is 0 Å². The first-order valence-corrected chi connectivity index (χ1v) is 36.5. The Morgan fingerprint density at radius 3 is 0.887 bits per heavy atom. The third kappa shape index (κ3) is 7.50. The summed E-state index contributed by atoms with van der Waals surface area (Å²) in [5.41, 5.74) is 11.9. The molecule has 10 aromatic carbocycles. The predicted molar refractivity (Wildman–Crippen MR) is 276 cm³/mol. The molecular formula is C58H52Ge2N2. The van der Waals surface area contributed by atoms with Crippen LogP contribution in [0.1, 0.15) is 0 Å². The Bertz CT molecular complexity index is 2930. The SMILES string of the molecule is [CH3][Ge]([CH3])([CH3])[c]1ccc(N(c2ccccc2)c2ccc(-c3ccc4ccc5c(-c6ccc(N(c7ccccc7)c7cc[c]([Ge]([CH3])([CH3])[CH3])cc7)cc6)ccc6ccc3c4c65)cc2)cc1. The fourth-order valence-electron chi connectivity index (χ4n) is 9.15. The molecule has 0 N–H and O–H groups in total. The van der Waals surface area contributed by atoms with Crippen LogP contribution in [0.5, 0.6) is 0 Å². The number of benzene rings is 10. The van der Waals surface area contributed by atoms with E-state index >= 15 is 0 Å². The van der Waals surface area contributed by atoms with Crippen molar-refractivity contribution < 1.29 is 0 Å². The van der Waals surface area contributed by atoms with Crippen LogP contribution in [0.25, 0.3) is 54.6 Å². The van der Waals surface area contributed by atoms with Gasteiger partial charge in [0.25, 0.3) is 0 Å². The van der Waals surface area contributed by atoms with Crippen molar-refractivity contribution in [1.82, 2.24) is 0 Å². The summed E-state index contributed by atoms with van der Waals surface area (Å²) in [7, 11) is 0. The summed E-state index contributed by atoms with van der Waals surface area (Å²) in [6.07, 6.45) is 0. The minimum atomic E-state index is -1.94. The van der Waals surface area contributed by atoms with Gasteiger partial charge in [-0.05, 0) is 10.8 Å². The van der Waals surface area contributed by atoms with Gasteiger partial charge in [0.15, 0.2) is 0 Å². The molecule has 4 heteroatoms. The zero-order valence-electron chi connectivity index (χ0n) is 36.5. The van der Waals surface area contributed by atoms with Crippen LogP contribution in [0.4, 0.5) is 34.1 Å². The van der Waals surface area contributed by atoms with E-state index in [9.17, 15) is 0 Å². The number of para-hydroxylation sites is 2. The Labute approximate surface area is 372 Å². The molecule has 0 aliphatic carbocycles. The Morgan fingerprint density at radius 1 is 0.274 bits per heavy atom. The molecule has 0 aromatic heterocycles. The van der Waals surface area contributed by atoms with Gasteiger partial charge in [-0.1, -0.05) is 12.1 Å². The van der Waals surface area contributed by atoms with Gasteiger partial charge in [0, 0.05) is 0 Å². The molecule has 0 spiro atoms. The van der Waals surface area contributed by atoms with E-state index in [0.29, 0.717) is 0 Å². The normalized spacial score (nSPS) is 12.0. The summed E-state index contributed by atoms with van der Waals surface area (Å²) in [5.74, 6) is 14.7. The molecule has 0 bridgehead atoms. The maximum atomic E-state index is 2.45. The van der Waals surface area contributed by atoms with Crippen molar-refractivity contribution >= 4 is 102 Å². The molecule has 0 aliphatic heterocycles. The summed E-state index contributed by atoms with van der Waals surface area (Å²) in [5, 5.41) is 7.75. The summed E-state index contributed by atoms with van der Waals surface area (Å²) in [4.78, 5) is 4.74. The van der Waals surface area contributed by atoms with Crippen molar-refractivity contribution in [3.05, 3.63) is 206 Å². The Morgan fingerprint density at radius 2 is 0.565 bits per heavy atom. The number of hydrogen-bond acceptors (Lipinski definition) is 2. The van der Waals surface area contributed by atoms with Crippen LogP contribution in [0, 0.1) is 0 Å². The van der Waals surface area contributed by atoms with Gasteiger partial charge in [-0.15, -0.1) is 0 Å². The molecule has 10 aromatic rings. The van der Waals surface area contributed by atoms with Crippen LogP contribution >= 0.6 is 0 Å². The van der Waals surface area contributed by atoms with Crippen molar-refractivity contribution in [2.75, 3.05) is 9.80 Å². The van der Waals surface area contributed by atoms with Crippen molar-refractivity contribution in [3.63, 3.8) is 0 Å². The third-order valence-corrected chi connectivity index (χ3v) is 21.2.